The van der Waals surface area contributed by atoms with E-state index in [1.807, 2.05) is 0 Å². The molecule has 158 valence electrons. The Bertz CT molecular complexity index is 1020. The highest BCUT2D eigenvalue weighted by atomic mass is 32.2. The molecule has 0 saturated heterocycles. The van der Waals surface area contributed by atoms with Gasteiger partial charge in [0.15, 0.2) is 18.2 Å². The first kappa shape index (κ1) is 21.7. The van der Waals surface area contributed by atoms with Crippen molar-refractivity contribution in [1.29, 1.82) is 0 Å². The fourth-order valence-corrected chi connectivity index (χ4v) is 3.28. The average molecular weight is 437 g/mol. The van der Waals surface area contributed by atoms with E-state index in [-0.39, 0.29) is 18.2 Å². The number of aryl methyl sites for hydroxylation is 1. The number of nitrogens with zero attached hydrogens (tertiary/aromatic N) is 2. The predicted molar refractivity (Wildman–Crippen MR) is 105 cm³/mol. The number of benzene rings is 1. The second kappa shape index (κ2) is 9.21. The first-order chi connectivity index (χ1) is 14.3. The first-order valence-corrected chi connectivity index (χ1v) is 10.0. The van der Waals surface area contributed by atoms with Crippen LogP contribution in [-0.2, 0) is 6.54 Å². The van der Waals surface area contributed by atoms with Gasteiger partial charge in [-0.1, -0.05) is 12.1 Å². The number of ether oxygens (including phenoxy) is 1. The largest absolute Gasteiger partial charge is 0.484 e. The van der Waals surface area contributed by atoms with Gasteiger partial charge in [0.2, 0.25) is 0 Å². The summed E-state index contributed by atoms with van der Waals surface area (Å²) in [5, 5.41) is 3.25. The average Bonchev–Trinajstić information content (AvgIpc) is 3.24. The zero-order valence-corrected chi connectivity index (χ0v) is 16.9. The highest BCUT2D eigenvalue weighted by Gasteiger charge is 2.28. The number of furan rings is 1. The van der Waals surface area contributed by atoms with Crippen molar-refractivity contribution in [3.8, 4) is 17.3 Å². The fraction of sp³-hybridized carbons (Fsp3) is 0.250. The third kappa shape index (κ3) is 5.53. The highest BCUT2D eigenvalue weighted by molar-refractivity contribution is 7.98. The van der Waals surface area contributed by atoms with Crippen molar-refractivity contribution in [1.82, 2.24) is 15.3 Å². The van der Waals surface area contributed by atoms with Crippen molar-refractivity contribution in [2.24, 2.45) is 0 Å². The van der Waals surface area contributed by atoms with Crippen LogP contribution in [0.15, 0.2) is 52.1 Å². The van der Waals surface area contributed by atoms with E-state index < -0.39 is 12.8 Å². The van der Waals surface area contributed by atoms with Crippen LogP contribution in [0.1, 0.15) is 21.6 Å². The summed E-state index contributed by atoms with van der Waals surface area (Å²) in [6.45, 7) is 0.433. The van der Waals surface area contributed by atoms with E-state index in [1.165, 1.54) is 30.2 Å². The molecule has 1 amide bonds. The second-order valence-corrected chi connectivity index (χ2v) is 7.02. The number of thioether (sulfide) groups is 1. The monoisotopic (exact) mass is 437 g/mol. The molecule has 2 heterocycles. The lowest BCUT2D eigenvalue weighted by atomic mass is 10.2. The molecular weight excluding hydrogens is 419 g/mol. The maximum atomic E-state index is 12.8. The number of alkyl halides is 3. The number of aromatic nitrogens is 2. The predicted octanol–water partition coefficient (Wildman–Crippen LogP) is 4.64. The molecule has 3 aromatic rings. The maximum absolute atomic E-state index is 12.8. The van der Waals surface area contributed by atoms with E-state index in [9.17, 15) is 18.0 Å². The van der Waals surface area contributed by atoms with Crippen molar-refractivity contribution >= 4 is 17.7 Å². The van der Waals surface area contributed by atoms with Gasteiger partial charge < -0.3 is 14.5 Å². The number of nitrogens with one attached hydrogen (secondary N) is 1. The fourth-order valence-electron chi connectivity index (χ4n) is 2.65. The third-order valence-electron chi connectivity index (χ3n) is 3.97. The molecule has 3 rings (SSSR count). The molecule has 0 aliphatic carbocycles. The Morgan fingerprint density at radius 1 is 1.23 bits per heavy atom. The van der Waals surface area contributed by atoms with Gasteiger partial charge in [0.05, 0.1) is 17.5 Å². The standard InChI is InChI=1S/C20H18F3N3O3S/c1-12-16(19(30-2)26-17(25-12)15-7-4-8-28-15)18(27)24-10-13-5-3-6-14(9-13)29-11-20(21,22)23/h3-9H,10-11H2,1-2H3,(H,24,27). The molecule has 0 fully saturated rings. The lowest BCUT2D eigenvalue weighted by molar-refractivity contribution is -0.153. The summed E-state index contributed by atoms with van der Waals surface area (Å²) in [5.74, 6) is 0.569. The summed E-state index contributed by atoms with van der Waals surface area (Å²) in [6, 6.07) is 9.57. The van der Waals surface area contributed by atoms with Crippen LogP contribution in [-0.4, -0.2) is 34.9 Å². The molecule has 0 aliphatic rings. The van der Waals surface area contributed by atoms with E-state index in [4.69, 9.17) is 9.15 Å². The van der Waals surface area contributed by atoms with E-state index >= 15 is 0 Å². The van der Waals surface area contributed by atoms with Gasteiger partial charge in [-0.05, 0) is 43.0 Å². The van der Waals surface area contributed by atoms with Crippen molar-refractivity contribution in [2.45, 2.75) is 24.7 Å². The molecule has 2 aromatic heterocycles. The molecule has 0 unspecified atom stereocenters. The summed E-state index contributed by atoms with van der Waals surface area (Å²) in [7, 11) is 0. The molecule has 30 heavy (non-hydrogen) atoms. The maximum Gasteiger partial charge on any atom is 0.422 e. The Hall–Kier alpha value is -3.01. The van der Waals surface area contributed by atoms with Crippen LogP contribution in [0.3, 0.4) is 0 Å². The Kier molecular flexibility index (Phi) is 6.66. The Labute approximate surface area is 174 Å². The van der Waals surface area contributed by atoms with E-state index in [2.05, 4.69) is 15.3 Å². The molecule has 1 N–H and O–H groups in total. The highest BCUT2D eigenvalue weighted by Crippen LogP contribution is 2.25. The number of amides is 1. The summed E-state index contributed by atoms with van der Waals surface area (Å²) in [5.41, 5.74) is 1.42. The molecule has 0 aliphatic heterocycles. The quantitative estimate of drug-likeness (QED) is 0.429. The third-order valence-corrected chi connectivity index (χ3v) is 4.65. The first-order valence-electron chi connectivity index (χ1n) is 8.80. The minimum absolute atomic E-state index is 0.0752. The van der Waals surface area contributed by atoms with Gasteiger partial charge in [0.1, 0.15) is 10.8 Å². The van der Waals surface area contributed by atoms with Gasteiger partial charge >= 0.3 is 6.18 Å². The minimum Gasteiger partial charge on any atom is -0.484 e. The number of hydrogen-bond acceptors (Lipinski definition) is 6. The zero-order valence-electron chi connectivity index (χ0n) is 16.1. The summed E-state index contributed by atoms with van der Waals surface area (Å²) >= 11 is 1.30. The summed E-state index contributed by atoms with van der Waals surface area (Å²) in [4.78, 5) is 21.5. The summed E-state index contributed by atoms with van der Waals surface area (Å²) < 4.78 is 47.0. The van der Waals surface area contributed by atoms with Crippen molar-refractivity contribution < 1.29 is 27.1 Å². The molecule has 1 aromatic carbocycles. The van der Waals surface area contributed by atoms with Gasteiger partial charge in [-0.3, -0.25) is 4.79 Å². The molecule has 0 atom stereocenters. The van der Waals surface area contributed by atoms with Gasteiger partial charge in [-0.2, -0.15) is 13.2 Å². The molecule has 0 spiro atoms. The Balaban J connectivity index is 1.72. The SMILES string of the molecule is CSc1nc(-c2ccco2)nc(C)c1C(=O)NCc1cccc(OCC(F)(F)F)c1. The van der Waals surface area contributed by atoms with Crippen LogP contribution in [0, 0.1) is 6.92 Å². The molecule has 10 heteroatoms. The summed E-state index contributed by atoms with van der Waals surface area (Å²) in [6.07, 6.45) is -1.11. The van der Waals surface area contributed by atoms with Gasteiger partial charge in [-0.15, -0.1) is 11.8 Å². The van der Waals surface area contributed by atoms with Gasteiger partial charge in [0.25, 0.3) is 5.91 Å². The lowest BCUT2D eigenvalue weighted by Gasteiger charge is -2.13. The second-order valence-electron chi connectivity index (χ2n) is 6.23. The lowest BCUT2D eigenvalue weighted by Crippen LogP contribution is -2.25. The molecule has 6 nitrogen and oxygen atoms in total. The van der Waals surface area contributed by atoms with Crippen LogP contribution in [0.4, 0.5) is 13.2 Å². The number of carbonyl (C=O) groups excluding carboxylic acids is 1. The van der Waals surface area contributed by atoms with Crippen molar-refractivity contribution in [3.05, 3.63) is 59.5 Å². The number of halogens is 3. The van der Waals surface area contributed by atoms with Gasteiger partial charge in [0, 0.05) is 6.54 Å². The molecular formula is C20H18F3N3O3S. The van der Waals surface area contributed by atoms with E-state index in [1.54, 1.807) is 37.4 Å². The van der Waals surface area contributed by atoms with Crippen molar-refractivity contribution in [3.63, 3.8) is 0 Å². The van der Waals surface area contributed by atoms with Gasteiger partial charge in [-0.25, -0.2) is 9.97 Å². The Morgan fingerprint density at radius 3 is 2.70 bits per heavy atom. The van der Waals surface area contributed by atoms with Crippen LogP contribution in [0.2, 0.25) is 0 Å². The molecule has 0 bridgehead atoms. The topological polar surface area (TPSA) is 77.2 Å². The van der Waals surface area contributed by atoms with Crippen LogP contribution >= 0.6 is 11.8 Å². The van der Waals surface area contributed by atoms with Crippen LogP contribution in [0.25, 0.3) is 11.6 Å². The normalized spacial score (nSPS) is 11.4. The smallest absolute Gasteiger partial charge is 0.422 e. The Morgan fingerprint density at radius 2 is 2.03 bits per heavy atom. The number of carbonyl (C=O) groups is 1. The van der Waals surface area contributed by atoms with Crippen molar-refractivity contribution in [2.75, 3.05) is 12.9 Å². The van der Waals surface area contributed by atoms with Crippen LogP contribution in [0.5, 0.6) is 5.75 Å². The van der Waals surface area contributed by atoms with E-state index in [0.717, 1.165) is 0 Å². The molecule has 0 radical (unpaired) electrons. The number of hydrogen-bond donors (Lipinski definition) is 1. The van der Waals surface area contributed by atoms with E-state index in [0.29, 0.717) is 33.4 Å². The molecule has 0 saturated carbocycles. The zero-order chi connectivity index (χ0) is 21.7. The van der Waals surface area contributed by atoms with Crippen LogP contribution < -0.4 is 10.1 Å². The number of rotatable bonds is 7. The minimum atomic E-state index is -4.42.